The van der Waals surface area contributed by atoms with E-state index in [1.54, 1.807) is 6.92 Å². The van der Waals surface area contributed by atoms with Crippen molar-refractivity contribution < 1.29 is 23.9 Å². The first kappa shape index (κ1) is 24.5. The highest BCUT2D eigenvalue weighted by Crippen LogP contribution is 2.25. The zero-order valence-corrected chi connectivity index (χ0v) is 17.4. The van der Waals surface area contributed by atoms with Gasteiger partial charge in [-0.25, -0.2) is 0 Å². The molecule has 2 amide bonds. The molecule has 26 heavy (non-hydrogen) atoms. The lowest BCUT2D eigenvalue weighted by molar-refractivity contribution is -0.138. The fourth-order valence-electron chi connectivity index (χ4n) is 2.54. The van der Waals surface area contributed by atoms with Gasteiger partial charge < -0.3 is 9.47 Å². The fourth-order valence-corrected chi connectivity index (χ4v) is 2.54. The van der Waals surface area contributed by atoms with E-state index in [4.69, 9.17) is 9.47 Å². The molecule has 0 aromatic heterocycles. The number of hydrogen-bond acceptors (Lipinski definition) is 5. The number of ketones is 1. The molecule has 1 aliphatic rings. The van der Waals surface area contributed by atoms with Crippen molar-refractivity contribution in [2.24, 2.45) is 11.8 Å². The monoisotopic (exact) mass is 369 g/mol. The summed E-state index contributed by atoms with van der Waals surface area (Å²) >= 11 is 0. The summed E-state index contributed by atoms with van der Waals surface area (Å²) in [5.41, 5.74) is 1.13. The minimum Gasteiger partial charge on any atom is -0.379 e. The smallest absolute Gasteiger partial charge is 0.257 e. The van der Waals surface area contributed by atoms with Crippen LogP contribution in [0, 0.1) is 11.8 Å². The summed E-state index contributed by atoms with van der Waals surface area (Å²) in [6, 6.07) is 0. The Labute approximate surface area is 157 Å². The van der Waals surface area contributed by atoms with E-state index in [1.165, 1.54) is 4.90 Å². The third kappa shape index (κ3) is 7.38. The molecule has 1 aliphatic heterocycles. The van der Waals surface area contributed by atoms with Gasteiger partial charge in [-0.1, -0.05) is 41.5 Å². The Morgan fingerprint density at radius 3 is 1.92 bits per heavy atom. The number of carbonyl (C=O) groups excluding carboxylic acids is 3. The number of Topliss-reactive ketones (excluding diaryl/α,β-unsaturated/α-hetero) is 1. The lowest BCUT2D eigenvalue weighted by Gasteiger charge is -2.15. The minimum absolute atomic E-state index is 0.0354. The molecule has 0 bridgehead atoms. The van der Waals surface area contributed by atoms with Crippen LogP contribution in [-0.2, 0) is 23.9 Å². The van der Waals surface area contributed by atoms with E-state index >= 15 is 0 Å². The van der Waals surface area contributed by atoms with Crippen molar-refractivity contribution in [3.05, 3.63) is 11.1 Å². The number of rotatable bonds is 11. The molecular formula is C20H35NO5. The lowest BCUT2D eigenvalue weighted by atomic mass is 10.00. The van der Waals surface area contributed by atoms with E-state index in [1.807, 2.05) is 41.5 Å². The van der Waals surface area contributed by atoms with Gasteiger partial charge in [-0.15, -0.1) is 0 Å². The van der Waals surface area contributed by atoms with Crippen molar-refractivity contribution in [1.82, 2.24) is 4.90 Å². The molecular weight excluding hydrogens is 334 g/mol. The number of ether oxygens (including phenoxy) is 2. The predicted octanol–water partition coefficient (Wildman–Crippen LogP) is 3.00. The largest absolute Gasteiger partial charge is 0.379 e. The first-order chi connectivity index (χ1) is 12.3. The van der Waals surface area contributed by atoms with E-state index in [-0.39, 0.29) is 42.6 Å². The maximum atomic E-state index is 12.2. The molecule has 0 saturated carbocycles. The highest BCUT2D eigenvalue weighted by molar-refractivity contribution is 6.19. The van der Waals surface area contributed by atoms with E-state index in [9.17, 15) is 14.4 Å². The summed E-state index contributed by atoms with van der Waals surface area (Å²) in [6.07, 6.45) is 0.414. The molecule has 0 spiro atoms. The second-order valence-corrected chi connectivity index (χ2v) is 6.55. The predicted molar refractivity (Wildman–Crippen MR) is 102 cm³/mol. The molecule has 0 unspecified atom stereocenters. The van der Waals surface area contributed by atoms with Gasteiger partial charge in [0.05, 0.1) is 33.0 Å². The van der Waals surface area contributed by atoms with Gasteiger partial charge >= 0.3 is 0 Å². The number of nitrogens with zero attached hydrogens (tertiary/aromatic N) is 1. The molecule has 1 rings (SSSR count). The number of hydrogen-bond donors (Lipinski definition) is 0. The van der Waals surface area contributed by atoms with Crippen LogP contribution in [-0.4, -0.2) is 55.5 Å². The van der Waals surface area contributed by atoms with Crippen molar-refractivity contribution in [2.45, 2.75) is 54.9 Å². The molecule has 6 heteroatoms. The van der Waals surface area contributed by atoms with Crippen LogP contribution in [0.3, 0.4) is 0 Å². The summed E-state index contributed by atoms with van der Waals surface area (Å²) in [6.45, 7) is 14.9. The van der Waals surface area contributed by atoms with E-state index in [0.29, 0.717) is 37.4 Å². The highest BCUT2D eigenvalue weighted by atomic mass is 16.5. The summed E-state index contributed by atoms with van der Waals surface area (Å²) < 4.78 is 10.7. The highest BCUT2D eigenvalue weighted by Gasteiger charge is 2.36. The molecule has 1 heterocycles. The maximum absolute atomic E-state index is 12.2. The lowest BCUT2D eigenvalue weighted by Crippen LogP contribution is -2.35. The molecule has 150 valence electrons. The average Bonchev–Trinajstić information content (AvgIpc) is 2.81. The van der Waals surface area contributed by atoms with Crippen LogP contribution in [0.1, 0.15) is 54.9 Å². The standard InChI is InChI=1S/C18H29NO5.C2H6/c1-12(2)15(20)6-8-23-10-11-24-9-7-19-17(21)14(5)16(13(3)4)18(19)22;1-2/h12-13H,6-11H2,1-5H3;1-2H3. The SMILES string of the molecule is CC.CC1=C(C(C)C)C(=O)N(CCOCCOCCC(=O)C(C)C)C1=O. The van der Waals surface area contributed by atoms with Crippen molar-refractivity contribution in [3.63, 3.8) is 0 Å². The number of imide groups is 1. The zero-order valence-electron chi connectivity index (χ0n) is 17.4. The Bertz CT molecular complexity index is 508. The van der Waals surface area contributed by atoms with E-state index < -0.39 is 0 Å². The van der Waals surface area contributed by atoms with Gasteiger partial charge in [0.1, 0.15) is 5.78 Å². The van der Waals surface area contributed by atoms with E-state index in [2.05, 4.69) is 0 Å². The van der Waals surface area contributed by atoms with Gasteiger partial charge in [-0.2, -0.15) is 0 Å². The first-order valence-corrected chi connectivity index (χ1v) is 9.52. The molecule has 0 aromatic rings. The van der Waals surface area contributed by atoms with Gasteiger partial charge in [0.25, 0.3) is 11.8 Å². The molecule has 0 atom stereocenters. The number of amides is 2. The Morgan fingerprint density at radius 1 is 0.923 bits per heavy atom. The number of carbonyl (C=O) groups is 3. The van der Waals surface area contributed by atoms with Crippen LogP contribution in [0.5, 0.6) is 0 Å². The molecule has 0 aromatic carbocycles. The molecule has 0 fully saturated rings. The maximum Gasteiger partial charge on any atom is 0.257 e. The van der Waals surface area contributed by atoms with Crippen molar-refractivity contribution in [1.29, 1.82) is 0 Å². The van der Waals surface area contributed by atoms with Gasteiger partial charge in [0, 0.05) is 23.5 Å². The molecule has 0 saturated heterocycles. The summed E-state index contributed by atoms with van der Waals surface area (Å²) in [4.78, 5) is 37.0. The Hall–Kier alpha value is -1.53. The summed E-state index contributed by atoms with van der Waals surface area (Å²) in [5.74, 6) is -0.177. The van der Waals surface area contributed by atoms with Crippen LogP contribution in [0.25, 0.3) is 0 Å². The molecule has 0 aliphatic carbocycles. The summed E-state index contributed by atoms with van der Waals surface area (Å²) in [5, 5.41) is 0. The quantitative estimate of drug-likeness (QED) is 0.413. The van der Waals surface area contributed by atoms with Crippen LogP contribution < -0.4 is 0 Å². The van der Waals surface area contributed by atoms with Crippen LogP contribution in [0.15, 0.2) is 11.1 Å². The zero-order chi connectivity index (χ0) is 20.3. The first-order valence-electron chi connectivity index (χ1n) is 9.52. The average molecular weight is 370 g/mol. The van der Waals surface area contributed by atoms with Crippen LogP contribution in [0.2, 0.25) is 0 Å². The topological polar surface area (TPSA) is 72.9 Å². The van der Waals surface area contributed by atoms with Gasteiger partial charge in [0.15, 0.2) is 0 Å². The van der Waals surface area contributed by atoms with Crippen LogP contribution >= 0.6 is 0 Å². The second-order valence-electron chi connectivity index (χ2n) is 6.55. The summed E-state index contributed by atoms with van der Waals surface area (Å²) in [7, 11) is 0. The van der Waals surface area contributed by atoms with E-state index in [0.717, 1.165) is 0 Å². The normalized spacial score (nSPS) is 14.4. The van der Waals surface area contributed by atoms with Crippen molar-refractivity contribution >= 4 is 17.6 Å². The molecule has 0 N–H and O–H groups in total. The Kier molecular flexibility index (Phi) is 12.0. The Morgan fingerprint density at radius 2 is 1.46 bits per heavy atom. The Balaban J connectivity index is 0.00000301. The third-order valence-electron chi connectivity index (χ3n) is 3.99. The van der Waals surface area contributed by atoms with Gasteiger partial charge in [0.2, 0.25) is 0 Å². The van der Waals surface area contributed by atoms with Crippen molar-refractivity contribution in [3.8, 4) is 0 Å². The fraction of sp³-hybridized carbons (Fsp3) is 0.750. The van der Waals surface area contributed by atoms with Gasteiger partial charge in [-0.05, 0) is 12.8 Å². The van der Waals surface area contributed by atoms with Crippen molar-refractivity contribution in [2.75, 3.05) is 33.0 Å². The molecule has 0 radical (unpaired) electrons. The molecule has 6 nitrogen and oxygen atoms in total. The minimum atomic E-state index is -0.226. The van der Waals surface area contributed by atoms with Gasteiger partial charge in [-0.3, -0.25) is 19.3 Å². The van der Waals surface area contributed by atoms with Crippen LogP contribution in [0.4, 0.5) is 0 Å². The third-order valence-corrected chi connectivity index (χ3v) is 3.99. The second kappa shape index (κ2) is 12.8.